The number of thiophene rings is 1. The lowest BCUT2D eigenvalue weighted by atomic mass is 9.99. The molecule has 0 atom stereocenters. The smallest absolute Gasteiger partial charge is 0.241 e. The predicted molar refractivity (Wildman–Crippen MR) is 170 cm³/mol. The lowest BCUT2D eigenvalue weighted by Gasteiger charge is -2.21. The molecule has 1 heterocycles. The van der Waals surface area contributed by atoms with Crippen LogP contribution in [-0.4, -0.2) is 52.4 Å². The fraction of sp³-hybridized carbons (Fsp3) is 0.516. The Labute approximate surface area is 251 Å². The van der Waals surface area contributed by atoms with Gasteiger partial charge in [-0.15, -0.1) is 23.7 Å². The van der Waals surface area contributed by atoms with Crippen LogP contribution in [0.2, 0.25) is 0 Å². The highest BCUT2D eigenvalue weighted by Crippen LogP contribution is 2.34. The Kier molecular flexibility index (Phi) is 14.6. The maximum Gasteiger partial charge on any atom is 0.241 e. The monoisotopic (exact) mass is 608 g/mol. The zero-order chi connectivity index (χ0) is 28.3. The molecule has 0 saturated carbocycles. The van der Waals surface area contributed by atoms with Crippen molar-refractivity contribution in [2.24, 2.45) is 0 Å². The zero-order valence-corrected chi connectivity index (χ0v) is 26.8. The first-order chi connectivity index (χ1) is 18.8. The van der Waals surface area contributed by atoms with E-state index in [9.17, 15) is 13.2 Å². The number of benzene rings is 2. The SMILES string of the molecule is CCCCc1cc2c(C(=O)c3ccc(OCCCN(CCCC)CCCC)cc3)c(S(=O)(=O)NC)ccc2s1.Cl. The van der Waals surface area contributed by atoms with Crippen LogP contribution in [0.3, 0.4) is 0 Å². The van der Waals surface area contributed by atoms with E-state index in [1.54, 1.807) is 47.7 Å². The van der Waals surface area contributed by atoms with Crippen LogP contribution in [0.4, 0.5) is 0 Å². The van der Waals surface area contributed by atoms with Crippen molar-refractivity contribution in [3.8, 4) is 5.75 Å². The van der Waals surface area contributed by atoms with Crippen molar-refractivity contribution in [3.63, 3.8) is 0 Å². The average molecular weight is 609 g/mol. The Balaban J connectivity index is 0.00000560. The molecule has 3 aromatic rings. The van der Waals surface area contributed by atoms with E-state index in [2.05, 4.69) is 30.4 Å². The summed E-state index contributed by atoms with van der Waals surface area (Å²) in [5.74, 6) is 0.405. The Hall–Kier alpha value is -1.97. The molecule has 9 heteroatoms. The maximum atomic E-state index is 13.8. The first-order valence-electron chi connectivity index (χ1n) is 14.3. The third-order valence-electron chi connectivity index (χ3n) is 6.94. The van der Waals surface area contributed by atoms with Gasteiger partial charge in [0.15, 0.2) is 5.78 Å². The van der Waals surface area contributed by atoms with Crippen molar-refractivity contribution < 1.29 is 17.9 Å². The van der Waals surface area contributed by atoms with E-state index >= 15 is 0 Å². The van der Waals surface area contributed by atoms with Crippen LogP contribution in [0, 0.1) is 0 Å². The summed E-state index contributed by atoms with van der Waals surface area (Å²) in [5.41, 5.74) is 0.669. The molecular weight excluding hydrogens is 564 g/mol. The molecule has 1 aromatic heterocycles. The van der Waals surface area contributed by atoms with Crippen molar-refractivity contribution >= 4 is 49.6 Å². The third-order valence-corrected chi connectivity index (χ3v) is 9.55. The minimum Gasteiger partial charge on any atom is -0.494 e. The second-order valence-electron chi connectivity index (χ2n) is 9.98. The first-order valence-corrected chi connectivity index (χ1v) is 16.6. The number of hydrogen-bond donors (Lipinski definition) is 1. The van der Waals surface area contributed by atoms with Crippen molar-refractivity contribution in [3.05, 3.63) is 58.5 Å². The first kappa shape index (κ1) is 34.2. The van der Waals surface area contributed by atoms with Gasteiger partial charge in [-0.25, -0.2) is 13.1 Å². The molecule has 222 valence electrons. The standard InChI is InChI=1S/C31H44N2O4S2.ClH/c1-5-8-12-26-23-27-28(38-26)17-18-29(39(35,36)32-4)30(27)31(34)24-13-15-25(16-14-24)37-22-11-21-33(19-9-6-2)20-10-7-3;/h13-18,23,32H,5-12,19-22H2,1-4H3;1H. The Morgan fingerprint density at radius 2 is 1.52 bits per heavy atom. The molecule has 40 heavy (non-hydrogen) atoms. The van der Waals surface area contributed by atoms with Crippen LogP contribution >= 0.6 is 23.7 Å². The lowest BCUT2D eigenvalue weighted by Crippen LogP contribution is -2.28. The van der Waals surface area contributed by atoms with Crippen LogP contribution in [0.15, 0.2) is 47.4 Å². The molecule has 0 radical (unpaired) electrons. The lowest BCUT2D eigenvalue weighted by molar-refractivity contribution is 0.103. The quantitative estimate of drug-likeness (QED) is 0.120. The average Bonchev–Trinajstić information content (AvgIpc) is 3.37. The number of nitrogens with zero attached hydrogens (tertiary/aromatic N) is 1. The molecule has 0 amide bonds. The number of halogens is 1. The second-order valence-corrected chi connectivity index (χ2v) is 13.0. The predicted octanol–water partition coefficient (Wildman–Crippen LogP) is 7.48. The van der Waals surface area contributed by atoms with Gasteiger partial charge < -0.3 is 9.64 Å². The number of unbranched alkanes of at least 4 members (excludes halogenated alkanes) is 3. The number of ketones is 1. The van der Waals surface area contributed by atoms with Crippen LogP contribution < -0.4 is 9.46 Å². The van der Waals surface area contributed by atoms with Crippen molar-refractivity contribution in [1.82, 2.24) is 9.62 Å². The second kappa shape index (κ2) is 17.1. The van der Waals surface area contributed by atoms with E-state index in [0.717, 1.165) is 54.9 Å². The van der Waals surface area contributed by atoms with Crippen LogP contribution in [0.25, 0.3) is 10.1 Å². The van der Waals surface area contributed by atoms with Gasteiger partial charge in [-0.3, -0.25) is 4.79 Å². The minimum atomic E-state index is -3.82. The number of fused-ring (bicyclic) bond motifs is 1. The molecule has 0 saturated heterocycles. The van der Waals surface area contributed by atoms with Gasteiger partial charge in [0.25, 0.3) is 0 Å². The van der Waals surface area contributed by atoms with Gasteiger partial charge >= 0.3 is 0 Å². The van der Waals surface area contributed by atoms with Gasteiger partial charge in [0.2, 0.25) is 10.0 Å². The number of rotatable bonds is 18. The molecule has 0 spiro atoms. The summed E-state index contributed by atoms with van der Waals surface area (Å²) >= 11 is 1.62. The summed E-state index contributed by atoms with van der Waals surface area (Å²) in [6, 6.07) is 12.4. The molecule has 0 fully saturated rings. The van der Waals surface area contributed by atoms with E-state index < -0.39 is 10.0 Å². The van der Waals surface area contributed by atoms with Gasteiger partial charge in [-0.2, -0.15) is 0 Å². The summed E-state index contributed by atoms with van der Waals surface area (Å²) in [4.78, 5) is 17.4. The molecule has 0 aliphatic heterocycles. The number of nitrogens with one attached hydrogen (secondary N) is 1. The largest absolute Gasteiger partial charge is 0.494 e. The van der Waals surface area contributed by atoms with Gasteiger partial charge in [0.1, 0.15) is 5.75 Å². The molecule has 1 N–H and O–H groups in total. The number of carbonyl (C=O) groups excluding carboxylic acids is 1. The van der Waals surface area contributed by atoms with E-state index in [1.807, 2.05) is 6.07 Å². The molecule has 3 rings (SSSR count). The van der Waals surface area contributed by atoms with E-state index in [1.165, 1.54) is 32.7 Å². The number of carbonyl (C=O) groups is 1. The summed E-state index contributed by atoms with van der Waals surface area (Å²) in [7, 11) is -2.45. The topological polar surface area (TPSA) is 75.7 Å². The summed E-state index contributed by atoms with van der Waals surface area (Å²) in [6.07, 6.45) is 8.82. The fourth-order valence-electron chi connectivity index (χ4n) is 4.61. The normalized spacial score (nSPS) is 11.6. The highest BCUT2D eigenvalue weighted by Gasteiger charge is 2.26. The zero-order valence-electron chi connectivity index (χ0n) is 24.3. The number of hydrogen-bond acceptors (Lipinski definition) is 6. The van der Waals surface area contributed by atoms with Crippen molar-refractivity contribution in [2.75, 3.05) is 33.3 Å². The molecule has 6 nitrogen and oxygen atoms in total. The Morgan fingerprint density at radius 3 is 2.12 bits per heavy atom. The Morgan fingerprint density at radius 1 is 0.900 bits per heavy atom. The molecule has 0 bridgehead atoms. The fourth-order valence-corrected chi connectivity index (χ4v) is 6.66. The number of ether oxygens (including phenoxy) is 1. The van der Waals surface area contributed by atoms with Crippen molar-refractivity contribution in [2.45, 2.75) is 77.0 Å². The minimum absolute atomic E-state index is 0. The van der Waals surface area contributed by atoms with E-state index in [-0.39, 0.29) is 28.6 Å². The maximum absolute atomic E-state index is 13.8. The number of sulfonamides is 1. The third kappa shape index (κ3) is 9.28. The summed E-state index contributed by atoms with van der Waals surface area (Å²) < 4.78 is 35.0. The van der Waals surface area contributed by atoms with Gasteiger partial charge in [-0.1, -0.05) is 40.0 Å². The van der Waals surface area contributed by atoms with Crippen molar-refractivity contribution in [1.29, 1.82) is 0 Å². The molecule has 0 aliphatic rings. The van der Waals surface area contributed by atoms with Gasteiger partial charge in [-0.05, 0) is 94.7 Å². The highest BCUT2D eigenvalue weighted by molar-refractivity contribution is 7.89. The molecule has 0 aliphatic carbocycles. The molecule has 2 aromatic carbocycles. The van der Waals surface area contributed by atoms with Crippen LogP contribution in [0.1, 0.15) is 86.5 Å². The van der Waals surface area contributed by atoms with Crippen LogP contribution in [0.5, 0.6) is 5.75 Å². The molecule has 0 unspecified atom stereocenters. The molecular formula is C31H45ClN2O4S2. The van der Waals surface area contributed by atoms with E-state index in [4.69, 9.17) is 4.74 Å². The Bertz CT molecular complexity index is 1300. The summed E-state index contributed by atoms with van der Waals surface area (Å²) in [6.45, 7) is 10.5. The van der Waals surface area contributed by atoms with Crippen LogP contribution in [-0.2, 0) is 16.4 Å². The van der Waals surface area contributed by atoms with E-state index in [0.29, 0.717) is 23.3 Å². The highest BCUT2D eigenvalue weighted by atomic mass is 35.5. The number of aryl methyl sites for hydroxylation is 1. The summed E-state index contributed by atoms with van der Waals surface area (Å²) in [5, 5.41) is 0.698. The van der Waals surface area contributed by atoms with Gasteiger partial charge in [0.05, 0.1) is 17.1 Å². The van der Waals surface area contributed by atoms with Gasteiger partial charge in [0, 0.05) is 27.1 Å².